The molecule has 0 heterocycles. The predicted molar refractivity (Wildman–Crippen MR) is 91.9 cm³/mol. The molecule has 4 aliphatic carbocycles. The summed E-state index contributed by atoms with van der Waals surface area (Å²) in [6.45, 7) is 0. The number of hydrogen-bond donors (Lipinski definition) is 0. The van der Waals surface area contributed by atoms with Crippen LogP contribution in [0.3, 0.4) is 0 Å². The number of ether oxygens (including phenoxy) is 1. The normalized spacial score (nSPS) is 42.6. The summed E-state index contributed by atoms with van der Waals surface area (Å²) in [5, 5.41) is 0. The Morgan fingerprint density at radius 1 is 0.955 bits per heavy atom. The van der Waals surface area contributed by atoms with E-state index in [1.54, 1.807) is 0 Å². The molecule has 4 atom stereocenters. The summed E-state index contributed by atoms with van der Waals surface area (Å²) in [6.07, 6.45) is 23.0. The largest absolute Gasteiger partial charge is 0.343 e. The zero-order valence-corrected chi connectivity index (χ0v) is 14.1. The van der Waals surface area contributed by atoms with Crippen molar-refractivity contribution in [2.45, 2.75) is 42.7 Å². The first kappa shape index (κ1) is 15.1. The summed E-state index contributed by atoms with van der Waals surface area (Å²) in [4.78, 5) is 0. The number of allylic oxidation sites excluding steroid dienone is 7. The Hall–Kier alpha value is -0.500. The van der Waals surface area contributed by atoms with Crippen molar-refractivity contribution in [1.29, 1.82) is 0 Å². The average Bonchev–Trinajstić information content (AvgIpc) is 3.10. The first-order valence-electron chi connectivity index (χ1n) is 8.37. The maximum absolute atomic E-state index is 6.81. The number of rotatable bonds is 3. The van der Waals surface area contributed by atoms with E-state index in [1.165, 1.54) is 0 Å². The third-order valence-electron chi connectivity index (χ3n) is 5.92. The molecule has 0 aromatic heterocycles. The molecule has 4 aliphatic rings. The summed E-state index contributed by atoms with van der Waals surface area (Å²) in [6, 6.07) is 0. The van der Waals surface area contributed by atoms with Crippen molar-refractivity contribution < 1.29 is 4.74 Å². The summed E-state index contributed by atoms with van der Waals surface area (Å²) in [5.41, 5.74) is -0.260. The van der Waals surface area contributed by atoms with Gasteiger partial charge in [-0.3, -0.25) is 0 Å². The quantitative estimate of drug-likeness (QED) is 0.612. The van der Waals surface area contributed by atoms with E-state index in [-0.39, 0.29) is 11.5 Å². The Bertz CT molecular complexity index is 540. The summed E-state index contributed by atoms with van der Waals surface area (Å²) < 4.78 is 5.17. The standard InChI is InChI=1S/C19H22Cl2O/c20-19(21,18-10-4-3-8-16(18)9-5-11-18)22-17-12-14-6-1-2-7-15(14)13-17/h1-4,6-8,10,14-17H,5,9,11-13H2. The van der Waals surface area contributed by atoms with Crippen LogP contribution in [-0.4, -0.2) is 10.6 Å². The van der Waals surface area contributed by atoms with Gasteiger partial charge in [0.25, 0.3) is 0 Å². The molecule has 4 unspecified atom stereocenters. The Kier molecular flexibility index (Phi) is 3.79. The molecular weight excluding hydrogens is 315 g/mol. The fraction of sp³-hybridized carbons (Fsp3) is 0.579. The molecule has 0 spiro atoms. The Balaban J connectivity index is 1.52. The molecule has 0 aromatic rings. The minimum atomic E-state index is -1.14. The van der Waals surface area contributed by atoms with Crippen LogP contribution in [0.15, 0.2) is 48.6 Å². The molecule has 0 amide bonds. The van der Waals surface area contributed by atoms with Crippen molar-refractivity contribution in [2.24, 2.45) is 23.2 Å². The van der Waals surface area contributed by atoms with Crippen LogP contribution in [0.5, 0.6) is 0 Å². The van der Waals surface area contributed by atoms with Crippen LogP contribution in [-0.2, 0) is 4.74 Å². The van der Waals surface area contributed by atoms with Crippen LogP contribution in [0.25, 0.3) is 0 Å². The second kappa shape index (κ2) is 5.54. The molecule has 22 heavy (non-hydrogen) atoms. The number of fused-ring (bicyclic) bond motifs is 2. The maximum atomic E-state index is 6.81. The molecule has 0 N–H and O–H groups in total. The molecule has 0 saturated heterocycles. The smallest absolute Gasteiger partial charge is 0.227 e. The molecular formula is C19H22Cl2O. The van der Waals surface area contributed by atoms with Gasteiger partial charge < -0.3 is 4.74 Å². The third-order valence-corrected chi connectivity index (χ3v) is 6.80. The number of hydrogen-bond acceptors (Lipinski definition) is 1. The highest BCUT2D eigenvalue weighted by Crippen LogP contribution is 2.59. The van der Waals surface area contributed by atoms with Crippen molar-refractivity contribution in [3.05, 3.63) is 48.6 Å². The lowest BCUT2D eigenvalue weighted by molar-refractivity contribution is -0.0538. The van der Waals surface area contributed by atoms with E-state index in [4.69, 9.17) is 27.9 Å². The summed E-state index contributed by atoms with van der Waals surface area (Å²) in [5.74, 6) is 1.56. The van der Waals surface area contributed by atoms with E-state index in [0.29, 0.717) is 17.8 Å². The fourth-order valence-electron chi connectivity index (χ4n) is 4.74. The van der Waals surface area contributed by atoms with Crippen LogP contribution in [0, 0.1) is 23.2 Å². The minimum Gasteiger partial charge on any atom is -0.343 e. The van der Waals surface area contributed by atoms with E-state index in [0.717, 1.165) is 32.1 Å². The highest BCUT2D eigenvalue weighted by Gasteiger charge is 2.57. The Labute approximate surface area is 142 Å². The molecule has 0 aromatic carbocycles. The van der Waals surface area contributed by atoms with Gasteiger partial charge in [0.15, 0.2) is 0 Å². The van der Waals surface area contributed by atoms with Gasteiger partial charge in [-0.25, -0.2) is 0 Å². The SMILES string of the molecule is ClC(Cl)(OC1CC2C=CC=CC2C1)C12C=CC=CC1CCC2. The van der Waals surface area contributed by atoms with Gasteiger partial charge in [0.2, 0.25) is 4.52 Å². The van der Waals surface area contributed by atoms with E-state index in [2.05, 4.69) is 48.6 Å². The van der Waals surface area contributed by atoms with Crippen molar-refractivity contribution >= 4 is 23.2 Å². The van der Waals surface area contributed by atoms with Crippen molar-refractivity contribution in [3.63, 3.8) is 0 Å². The van der Waals surface area contributed by atoms with E-state index in [9.17, 15) is 0 Å². The highest BCUT2D eigenvalue weighted by molar-refractivity contribution is 6.48. The molecule has 2 saturated carbocycles. The van der Waals surface area contributed by atoms with Crippen LogP contribution < -0.4 is 0 Å². The van der Waals surface area contributed by atoms with Gasteiger partial charge in [-0.2, -0.15) is 0 Å². The molecule has 1 nitrogen and oxygen atoms in total. The van der Waals surface area contributed by atoms with Crippen molar-refractivity contribution in [3.8, 4) is 0 Å². The Morgan fingerprint density at radius 2 is 1.64 bits per heavy atom. The zero-order valence-electron chi connectivity index (χ0n) is 12.6. The first-order chi connectivity index (χ1) is 10.6. The molecule has 118 valence electrons. The van der Waals surface area contributed by atoms with Gasteiger partial charge in [-0.05, 0) is 43.4 Å². The van der Waals surface area contributed by atoms with Gasteiger partial charge in [-0.1, -0.05) is 78.2 Å². The van der Waals surface area contributed by atoms with Crippen LogP contribution >= 0.6 is 23.2 Å². The van der Waals surface area contributed by atoms with Gasteiger partial charge >= 0.3 is 0 Å². The topological polar surface area (TPSA) is 9.23 Å². The summed E-state index contributed by atoms with van der Waals surface area (Å²) in [7, 11) is 0. The third kappa shape index (κ3) is 2.33. The molecule has 0 radical (unpaired) electrons. The predicted octanol–water partition coefficient (Wildman–Crippen LogP) is 5.57. The zero-order chi connectivity index (χ0) is 15.2. The van der Waals surface area contributed by atoms with Crippen LogP contribution in [0.2, 0.25) is 0 Å². The molecule has 2 fully saturated rings. The fourth-order valence-corrected chi connectivity index (χ4v) is 5.59. The lowest BCUT2D eigenvalue weighted by Gasteiger charge is -2.43. The van der Waals surface area contributed by atoms with Gasteiger partial charge in [0.05, 0.1) is 11.5 Å². The number of alkyl halides is 2. The van der Waals surface area contributed by atoms with Gasteiger partial charge in [0, 0.05) is 0 Å². The second-order valence-electron chi connectivity index (χ2n) is 7.11. The Morgan fingerprint density at radius 3 is 2.36 bits per heavy atom. The lowest BCUT2D eigenvalue weighted by Crippen LogP contribution is -2.45. The minimum absolute atomic E-state index is 0.146. The maximum Gasteiger partial charge on any atom is 0.227 e. The van der Waals surface area contributed by atoms with Crippen molar-refractivity contribution in [2.75, 3.05) is 0 Å². The van der Waals surface area contributed by atoms with Gasteiger partial charge in [-0.15, -0.1) is 0 Å². The molecule has 0 aliphatic heterocycles. The van der Waals surface area contributed by atoms with Gasteiger partial charge in [0.1, 0.15) is 0 Å². The monoisotopic (exact) mass is 336 g/mol. The van der Waals surface area contributed by atoms with E-state index in [1.807, 2.05) is 0 Å². The number of halogens is 2. The van der Waals surface area contributed by atoms with Crippen LogP contribution in [0.4, 0.5) is 0 Å². The van der Waals surface area contributed by atoms with Crippen LogP contribution in [0.1, 0.15) is 32.1 Å². The first-order valence-corrected chi connectivity index (χ1v) is 9.13. The van der Waals surface area contributed by atoms with Crippen molar-refractivity contribution in [1.82, 2.24) is 0 Å². The summed E-state index contributed by atoms with van der Waals surface area (Å²) >= 11 is 13.6. The molecule has 4 rings (SSSR count). The average molecular weight is 337 g/mol. The van der Waals surface area contributed by atoms with E-state index >= 15 is 0 Å². The molecule has 3 heteroatoms. The highest BCUT2D eigenvalue weighted by atomic mass is 35.5. The lowest BCUT2D eigenvalue weighted by atomic mass is 9.75. The molecule has 0 bridgehead atoms. The second-order valence-corrected chi connectivity index (χ2v) is 8.37. The van der Waals surface area contributed by atoms with E-state index < -0.39 is 4.52 Å².